The highest BCUT2D eigenvalue weighted by molar-refractivity contribution is 7.16. The van der Waals surface area contributed by atoms with Gasteiger partial charge in [-0.15, -0.1) is 6.58 Å². The summed E-state index contributed by atoms with van der Waals surface area (Å²) in [7, 11) is 1.63. The number of carbonyl (C=O) groups excluding carboxylic acids is 1. The van der Waals surface area contributed by atoms with Gasteiger partial charge in [0.15, 0.2) is 4.80 Å². The number of fused-ring (bicyclic) bond motifs is 1. The van der Waals surface area contributed by atoms with E-state index in [0.717, 1.165) is 21.7 Å². The molecule has 0 radical (unpaired) electrons. The first-order valence-corrected chi connectivity index (χ1v) is 9.06. The van der Waals surface area contributed by atoms with E-state index in [9.17, 15) is 4.79 Å². The van der Waals surface area contributed by atoms with E-state index in [4.69, 9.17) is 9.47 Å². The minimum atomic E-state index is -0.211. The Hall–Kier alpha value is -2.86. The number of nitrogens with zero attached hydrogens (tertiary/aromatic N) is 2. The van der Waals surface area contributed by atoms with E-state index in [-0.39, 0.29) is 12.3 Å². The largest absolute Gasteiger partial charge is 0.497 e. The number of methoxy groups -OCH3 is 1. The predicted octanol–water partition coefficient (Wildman–Crippen LogP) is 3.79. The molecule has 3 rings (SSSR count). The first-order chi connectivity index (χ1) is 12.7. The Labute approximate surface area is 155 Å². The van der Waals surface area contributed by atoms with Crippen LogP contribution in [0.25, 0.3) is 10.2 Å². The molecule has 0 aliphatic carbocycles. The van der Waals surface area contributed by atoms with Crippen molar-refractivity contribution in [1.82, 2.24) is 4.57 Å². The van der Waals surface area contributed by atoms with Gasteiger partial charge in [0.05, 0.1) is 30.4 Å². The lowest BCUT2D eigenvalue weighted by molar-refractivity contribution is -0.118. The summed E-state index contributed by atoms with van der Waals surface area (Å²) in [6, 6.07) is 15.2. The van der Waals surface area contributed by atoms with Crippen molar-refractivity contribution in [3.8, 4) is 11.5 Å². The molecule has 1 aromatic heterocycles. The summed E-state index contributed by atoms with van der Waals surface area (Å²) in [6.07, 6.45) is 2.01. The quantitative estimate of drug-likeness (QED) is 0.596. The average molecular weight is 368 g/mol. The maximum absolute atomic E-state index is 12.3. The van der Waals surface area contributed by atoms with Crippen molar-refractivity contribution in [3.05, 3.63) is 66.0 Å². The van der Waals surface area contributed by atoms with Gasteiger partial charge in [0.25, 0.3) is 5.91 Å². The van der Waals surface area contributed by atoms with Crippen molar-refractivity contribution < 1.29 is 14.3 Å². The molecule has 3 aromatic rings. The number of hydrogen-bond donors (Lipinski definition) is 0. The number of rotatable bonds is 7. The number of ether oxygens (including phenoxy) is 2. The average Bonchev–Trinajstić information content (AvgIpc) is 2.99. The first-order valence-electron chi connectivity index (χ1n) is 8.25. The van der Waals surface area contributed by atoms with Crippen molar-refractivity contribution >= 4 is 27.5 Å². The Bertz CT molecular complexity index is 974. The molecule has 0 unspecified atom stereocenters. The van der Waals surface area contributed by atoms with Gasteiger partial charge in [-0.05, 0) is 30.3 Å². The molecule has 0 aliphatic rings. The Balaban J connectivity index is 1.79. The molecule has 6 heteroatoms. The SMILES string of the molecule is C=CCn1c(=NC(=O)CCOc2ccccc2)sc2cc(OC)ccc21. The normalized spacial score (nSPS) is 11.5. The second kappa shape index (κ2) is 8.49. The third-order valence-corrected chi connectivity index (χ3v) is 4.79. The van der Waals surface area contributed by atoms with Gasteiger partial charge in [-0.2, -0.15) is 4.99 Å². The summed E-state index contributed by atoms with van der Waals surface area (Å²) >= 11 is 1.46. The van der Waals surface area contributed by atoms with Crippen LogP contribution in [0.2, 0.25) is 0 Å². The lowest BCUT2D eigenvalue weighted by Gasteiger charge is -2.04. The summed E-state index contributed by atoms with van der Waals surface area (Å²) in [4.78, 5) is 17.2. The minimum Gasteiger partial charge on any atom is -0.497 e. The lowest BCUT2D eigenvalue weighted by atomic mass is 10.3. The lowest BCUT2D eigenvalue weighted by Crippen LogP contribution is -2.17. The molecule has 0 atom stereocenters. The molecule has 0 N–H and O–H groups in total. The number of aromatic nitrogens is 1. The van der Waals surface area contributed by atoms with Crippen LogP contribution in [0.15, 0.2) is 66.2 Å². The Morgan fingerprint density at radius 2 is 2.04 bits per heavy atom. The van der Waals surface area contributed by atoms with E-state index in [2.05, 4.69) is 11.6 Å². The second-order valence-corrected chi connectivity index (χ2v) is 6.54. The number of para-hydroxylation sites is 1. The maximum atomic E-state index is 12.3. The minimum absolute atomic E-state index is 0.211. The molecule has 1 amide bonds. The molecule has 2 aromatic carbocycles. The molecule has 0 aliphatic heterocycles. The predicted molar refractivity (Wildman–Crippen MR) is 104 cm³/mol. The van der Waals surface area contributed by atoms with Crippen LogP contribution in [0.5, 0.6) is 11.5 Å². The first kappa shape index (κ1) is 17.9. The molecule has 0 spiro atoms. The standard InChI is InChI=1S/C20H20N2O3S/c1-3-12-22-17-10-9-16(24-2)14-18(17)26-20(22)21-19(23)11-13-25-15-7-5-4-6-8-15/h3-10,14H,1,11-13H2,2H3. The highest BCUT2D eigenvalue weighted by Gasteiger charge is 2.08. The maximum Gasteiger partial charge on any atom is 0.251 e. The van der Waals surface area contributed by atoms with Crippen molar-refractivity contribution in [2.45, 2.75) is 13.0 Å². The summed E-state index contributed by atoms with van der Waals surface area (Å²) in [5.74, 6) is 1.31. The van der Waals surface area contributed by atoms with Gasteiger partial charge in [-0.25, -0.2) is 0 Å². The molecule has 134 valence electrons. The Morgan fingerprint density at radius 1 is 1.23 bits per heavy atom. The zero-order valence-electron chi connectivity index (χ0n) is 14.6. The zero-order chi connectivity index (χ0) is 18.4. The van der Waals surface area contributed by atoms with Crippen LogP contribution < -0.4 is 14.3 Å². The van der Waals surface area contributed by atoms with E-state index >= 15 is 0 Å². The third kappa shape index (κ3) is 4.21. The van der Waals surface area contributed by atoms with Crippen LogP contribution in [-0.4, -0.2) is 24.2 Å². The van der Waals surface area contributed by atoms with Crippen LogP contribution in [-0.2, 0) is 11.3 Å². The molecular formula is C20H20N2O3S. The van der Waals surface area contributed by atoms with Crippen LogP contribution in [0.4, 0.5) is 0 Å². The van der Waals surface area contributed by atoms with Gasteiger partial charge < -0.3 is 14.0 Å². The zero-order valence-corrected chi connectivity index (χ0v) is 15.4. The van der Waals surface area contributed by atoms with Crippen LogP contribution in [0, 0.1) is 0 Å². The Kier molecular flexibility index (Phi) is 5.86. The summed E-state index contributed by atoms with van der Waals surface area (Å²) in [6.45, 7) is 4.67. The van der Waals surface area contributed by atoms with Gasteiger partial charge >= 0.3 is 0 Å². The van der Waals surface area contributed by atoms with Gasteiger partial charge in [0, 0.05) is 6.54 Å². The molecule has 1 heterocycles. The van der Waals surface area contributed by atoms with Gasteiger partial charge in [0.2, 0.25) is 0 Å². The highest BCUT2D eigenvalue weighted by Crippen LogP contribution is 2.23. The van der Waals surface area contributed by atoms with Crippen molar-refractivity contribution in [1.29, 1.82) is 0 Å². The number of carbonyl (C=O) groups is 1. The molecule has 26 heavy (non-hydrogen) atoms. The second-order valence-electron chi connectivity index (χ2n) is 5.53. The monoisotopic (exact) mass is 368 g/mol. The van der Waals surface area contributed by atoms with Gasteiger partial charge in [-0.1, -0.05) is 35.6 Å². The van der Waals surface area contributed by atoms with Crippen LogP contribution in [0.1, 0.15) is 6.42 Å². The van der Waals surface area contributed by atoms with Crippen LogP contribution >= 0.6 is 11.3 Å². The van der Waals surface area contributed by atoms with E-state index < -0.39 is 0 Å². The highest BCUT2D eigenvalue weighted by atomic mass is 32.1. The summed E-state index contributed by atoms with van der Waals surface area (Å²) in [5.41, 5.74) is 1.00. The fourth-order valence-electron chi connectivity index (χ4n) is 2.51. The van der Waals surface area contributed by atoms with E-state index in [0.29, 0.717) is 18.0 Å². The van der Waals surface area contributed by atoms with E-state index in [1.54, 1.807) is 13.2 Å². The number of thiazole rings is 1. The van der Waals surface area contributed by atoms with E-state index in [1.807, 2.05) is 53.1 Å². The summed E-state index contributed by atoms with van der Waals surface area (Å²) < 4.78 is 13.8. The number of hydrogen-bond acceptors (Lipinski definition) is 4. The number of benzene rings is 2. The molecule has 0 saturated heterocycles. The molecule has 0 fully saturated rings. The third-order valence-electron chi connectivity index (χ3n) is 3.75. The van der Waals surface area contributed by atoms with Gasteiger partial charge in [-0.3, -0.25) is 4.79 Å². The number of allylic oxidation sites excluding steroid dienone is 1. The smallest absolute Gasteiger partial charge is 0.251 e. The topological polar surface area (TPSA) is 52.8 Å². The molecular weight excluding hydrogens is 348 g/mol. The summed E-state index contributed by atoms with van der Waals surface area (Å²) in [5, 5.41) is 0. The van der Waals surface area contributed by atoms with Crippen molar-refractivity contribution in [2.24, 2.45) is 4.99 Å². The molecule has 0 saturated carbocycles. The van der Waals surface area contributed by atoms with E-state index in [1.165, 1.54) is 11.3 Å². The number of amides is 1. The van der Waals surface area contributed by atoms with Crippen molar-refractivity contribution in [2.75, 3.05) is 13.7 Å². The van der Waals surface area contributed by atoms with Crippen LogP contribution in [0.3, 0.4) is 0 Å². The van der Waals surface area contributed by atoms with Gasteiger partial charge in [0.1, 0.15) is 11.5 Å². The van der Waals surface area contributed by atoms with Crippen molar-refractivity contribution in [3.63, 3.8) is 0 Å². The fourth-order valence-corrected chi connectivity index (χ4v) is 3.59. The fraction of sp³-hybridized carbons (Fsp3) is 0.200. The molecule has 5 nitrogen and oxygen atoms in total. The molecule has 0 bridgehead atoms. The Morgan fingerprint density at radius 3 is 2.77 bits per heavy atom.